The maximum atomic E-state index is 13.2. The fraction of sp³-hybridized carbons (Fsp3) is 0.280. The number of benzene rings is 1. The summed E-state index contributed by atoms with van der Waals surface area (Å²) in [4.78, 5) is 21.8. The molecule has 0 saturated heterocycles. The second kappa shape index (κ2) is 9.48. The number of nitrogens with zero attached hydrogens (tertiary/aromatic N) is 4. The number of fused-ring (bicyclic) bond motifs is 1. The standard InChI is InChI=1S/C25H28N8O/c1-16-14-27-12-11-20(16)31-25(34)22-15-28-24-21(29-18-5-3-2-4-6-18)13-23(32-33(22)24)30-19-9-7-17(26)8-10-19/h2-6,11-15,17,19,29H,7-10,26H2,1H3,(H,30,32)(H,27,31,34)/t17-,19-. The maximum absolute atomic E-state index is 13.2. The Bertz CT molecular complexity index is 1300. The van der Waals surface area contributed by atoms with Crippen LogP contribution in [-0.2, 0) is 0 Å². The van der Waals surface area contributed by atoms with Gasteiger partial charge in [0.15, 0.2) is 11.3 Å². The van der Waals surface area contributed by atoms with Crippen molar-refractivity contribution in [3.8, 4) is 0 Å². The number of rotatable bonds is 6. The first-order chi connectivity index (χ1) is 16.6. The van der Waals surface area contributed by atoms with Crippen molar-refractivity contribution >= 4 is 34.4 Å². The van der Waals surface area contributed by atoms with Crippen LogP contribution < -0.4 is 21.7 Å². The van der Waals surface area contributed by atoms with Crippen LogP contribution in [0, 0.1) is 6.92 Å². The average Bonchev–Trinajstić information content (AvgIpc) is 3.27. The van der Waals surface area contributed by atoms with Gasteiger partial charge in [-0.1, -0.05) is 18.2 Å². The van der Waals surface area contributed by atoms with E-state index in [4.69, 9.17) is 10.8 Å². The Morgan fingerprint density at radius 3 is 2.62 bits per heavy atom. The van der Waals surface area contributed by atoms with E-state index in [2.05, 4.69) is 25.9 Å². The molecule has 9 nitrogen and oxygen atoms in total. The number of carbonyl (C=O) groups excluding carboxylic acids is 1. The lowest BCUT2D eigenvalue weighted by Gasteiger charge is -2.27. The van der Waals surface area contributed by atoms with Gasteiger partial charge in [-0.15, -0.1) is 5.10 Å². The number of pyridine rings is 1. The number of anilines is 4. The van der Waals surface area contributed by atoms with Gasteiger partial charge in [0.25, 0.3) is 5.91 Å². The Kier molecular flexibility index (Phi) is 6.09. The molecule has 0 atom stereocenters. The molecule has 5 N–H and O–H groups in total. The van der Waals surface area contributed by atoms with E-state index in [9.17, 15) is 4.79 Å². The van der Waals surface area contributed by atoms with Crippen molar-refractivity contribution in [3.05, 3.63) is 72.3 Å². The van der Waals surface area contributed by atoms with E-state index in [1.807, 2.05) is 43.3 Å². The Hall–Kier alpha value is -3.98. The van der Waals surface area contributed by atoms with Crippen LogP contribution in [0.25, 0.3) is 5.65 Å². The Balaban J connectivity index is 1.50. The zero-order chi connectivity index (χ0) is 23.5. The van der Waals surface area contributed by atoms with Crippen molar-refractivity contribution < 1.29 is 4.79 Å². The second-order valence-electron chi connectivity index (χ2n) is 8.71. The molecule has 0 spiro atoms. The van der Waals surface area contributed by atoms with Gasteiger partial charge in [-0.25, -0.2) is 9.50 Å². The van der Waals surface area contributed by atoms with Gasteiger partial charge in [0.05, 0.1) is 11.9 Å². The van der Waals surface area contributed by atoms with Crippen molar-refractivity contribution in [1.82, 2.24) is 19.6 Å². The summed E-state index contributed by atoms with van der Waals surface area (Å²) >= 11 is 0. The summed E-state index contributed by atoms with van der Waals surface area (Å²) in [5, 5.41) is 14.6. The molecular formula is C25H28N8O. The van der Waals surface area contributed by atoms with Gasteiger partial charge in [0.1, 0.15) is 5.82 Å². The van der Waals surface area contributed by atoms with Crippen molar-refractivity contribution in [1.29, 1.82) is 0 Å². The van der Waals surface area contributed by atoms with E-state index in [1.54, 1.807) is 29.2 Å². The topological polar surface area (TPSA) is 122 Å². The number of imidazole rings is 1. The molecule has 0 aliphatic heterocycles. The van der Waals surface area contributed by atoms with Gasteiger partial charge in [-0.2, -0.15) is 0 Å². The molecule has 0 bridgehead atoms. The predicted molar refractivity (Wildman–Crippen MR) is 133 cm³/mol. The molecule has 4 aromatic rings. The number of aryl methyl sites for hydroxylation is 1. The third-order valence-electron chi connectivity index (χ3n) is 6.15. The highest BCUT2D eigenvalue weighted by molar-refractivity contribution is 6.04. The summed E-state index contributed by atoms with van der Waals surface area (Å²) in [7, 11) is 0. The van der Waals surface area contributed by atoms with Crippen LogP contribution in [0.4, 0.5) is 22.9 Å². The molecule has 34 heavy (non-hydrogen) atoms. The smallest absolute Gasteiger partial charge is 0.276 e. The lowest BCUT2D eigenvalue weighted by Crippen LogP contribution is -2.33. The van der Waals surface area contributed by atoms with E-state index in [1.165, 1.54) is 0 Å². The summed E-state index contributed by atoms with van der Waals surface area (Å²) < 4.78 is 1.59. The minimum absolute atomic E-state index is 0.268. The number of carbonyl (C=O) groups is 1. The fourth-order valence-electron chi connectivity index (χ4n) is 4.24. The molecule has 1 amide bonds. The highest BCUT2D eigenvalue weighted by Gasteiger charge is 2.21. The third-order valence-corrected chi connectivity index (χ3v) is 6.15. The summed E-state index contributed by atoms with van der Waals surface area (Å²) in [6.07, 6.45) is 8.85. The fourth-order valence-corrected chi connectivity index (χ4v) is 4.24. The van der Waals surface area contributed by atoms with Gasteiger partial charge in [0.2, 0.25) is 0 Å². The highest BCUT2D eigenvalue weighted by atomic mass is 16.2. The first kappa shape index (κ1) is 21.8. The van der Waals surface area contributed by atoms with E-state index in [0.29, 0.717) is 22.8 Å². The molecule has 1 fully saturated rings. The highest BCUT2D eigenvalue weighted by Crippen LogP contribution is 2.27. The minimum Gasteiger partial charge on any atom is -0.366 e. The quantitative estimate of drug-likeness (QED) is 0.344. The van der Waals surface area contributed by atoms with Crippen LogP contribution in [0.1, 0.15) is 41.7 Å². The number of hydrogen-bond donors (Lipinski definition) is 4. The lowest BCUT2D eigenvalue weighted by molar-refractivity contribution is 0.102. The number of para-hydroxylation sites is 1. The van der Waals surface area contributed by atoms with Crippen LogP contribution in [-0.4, -0.2) is 37.6 Å². The monoisotopic (exact) mass is 456 g/mol. The van der Waals surface area contributed by atoms with E-state index >= 15 is 0 Å². The van der Waals surface area contributed by atoms with E-state index in [0.717, 1.165) is 42.6 Å². The molecule has 3 aromatic heterocycles. The van der Waals surface area contributed by atoms with Crippen molar-refractivity contribution in [2.24, 2.45) is 5.73 Å². The average molecular weight is 457 g/mol. The molecule has 1 aliphatic rings. The van der Waals surface area contributed by atoms with Crippen molar-refractivity contribution in [3.63, 3.8) is 0 Å². The number of hydrogen-bond acceptors (Lipinski definition) is 7. The van der Waals surface area contributed by atoms with Crippen LogP contribution in [0.15, 0.2) is 61.1 Å². The molecule has 3 heterocycles. The zero-order valence-corrected chi connectivity index (χ0v) is 19.0. The second-order valence-corrected chi connectivity index (χ2v) is 8.71. The largest absolute Gasteiger partial charge is 0.366 e. The Morgan fingerprint density at radius 2 is 1.85 bits per heavy atom. The van der Waals surface area contributed by atoms with Crippen molar-refractivity contribution in [2.45, 2.75) is 44.7 Å². The predicted octanol–water partition coefficient (Wildman–Crippen LogP) is 4.11. The lowest BCUT2D eigenvalue weighted by atomic mass is 9.92. The molecule has 9 heteroatoms. The first-order valence-electron chi connectivity index (χ1n) is 11.5. The summed E-state index contributed by atoms with van der Waals surface area (Å²) in [5.41, 5.74) is 10.2. The molecule has 1 aliphatic carbocycles. The summed E-state index contributed by atoms with van der Waals surface area (Å²) in [6.45, 7) is 1.90. The van der Waals surface area contributed by atoms with E-state index in [-0.39, 0.29) is 18.0 Å². The third kappa shape index (κ3) is 4.69. The minimum atomic E-state index is -0.291. The Morgan fingerprint density at radius 1 is 1.06 bits per heavy atom. The van der Waals surface area contributed by atoms with Gasteiger partial charge < -0.3 is 21.7 Å². The molecule has 5 rings (SSSR count). The van der Waals surface area contributed by atoms with Gasteiger partial charge in [-0.05, 0) is 56.4 Å². The maximum Gasteiger partial charge on any atom is 0.276 e. The van der Waals surface area contributed by atoms with E-state index < -0.39 is 0 Å². The van der Waals surface area contributed by atoms with Gasteiger partial charge in [-0.3, -0.25) is 9.78 Å². The normalized spacial score (nSPS) is 17.9. The number of nitrogens with two attached hydrogens (primary N) is 1. The number of amides is 1. The molecule has 0 radical (unpaired) electrons. The summed E-state index contributed by atoms with van der Waals surface area (Å²) in [6, 6.07) is 14.1. The summed E-state index contributed by atoms with van der Waals surface area (Å²) in [5.74, 6) is 0.388. The van der Waals surface area contributed by atoms with Crippen LogP contribution in [0.5, 0.6) is 0 Å². The van der Waals surface area contributed by atoms with Gasteiger partial charge in [0, 0.05) is 41.9 Å². The van der Waals surface area contributed by atoms with Crippen LogP contribution in [0.2, 0.25) is 0 Å². The zero-order valence-electron chi connectivity index (χ0n) is 19.0. The molecular weight excluding hydrogens is 428 g/mol. The first-order valence-corrected chi connectivity index (χ1v) is 11.5. The number of nitrogens with one attached hydrogen (secondary N) is 3. The Labute approximate surface area is 197 Å². The molecule has 174 valence electrons. The SMILES string of the molecule is Cc1cnccc1NC(=O)c1cnc2c(Nc3ccccc3)cc(N[C@H]3CC[C@H](N)CC3)nn12. The van der Waals surface area contributed by atoms with Crippen LogP contribution >= 0.6 is 0 Å². The van der Waals surface area contributed by atoms with Crippen LogP contribution in [0.3, 0.4) is 0 Å². The number of aromatic nitrogens is 4. The molecule has 0 unspecified atom stereocenters. The molecule has 1 saturated carbocycles. The van der Waals surface area contributed by atoms with Crippen molar-refractivity contribution in [2.75, 3.05) is 16.0 Å². The van der Waals surface area contributed by atoms with Gasteiger partial charge >= 0.3 is 0 Å². The molecule has 1 aromatic carbocycles.